The number of carboxylic acids is 1. The molecule has 1 aliphatic rings. The Morgan fingerprint density at radius 2 is 2.44 bits per heavy atom. The molecule has 1 aromatic heterocycles. The zero-order valence-corrected chi connectivity index (χ0v) is 9.39. The molecular weight excluding hydrogens is 206 g/mol. The second-order valence-corrected chi connectivity index (χ2v) is 4.48. The van der Waals surface area contributed by atoms with Gasteiger partial charge in [0.1, 0.15) is 0 Å². The molecule has 1 aromatic rings. The molecule has 1 atom stereocenters. The summed E-state index contributed by atoms with van der Waals surface area (Å²) in [4.78, 5) is 11.4. The molecule has 1 fully saturated rings. The van der Waals surface area contributed by atoms with Crippen molar-refractivity contribution < 1.29 is 9.90 Å². The summed E-state index contributed by atoms with van der Waals surface area (Å²) < 4.78 is 1.72. The van der Waals surface area contributed by atoms with E-state index in [1.807, 2.05) is 13.1 Å². The SMILES string of the molecule is Cn1nccc1[C@@H](CN)C1(C(=O)O)CCC1. The normalized spacial score (nSPS) is 20.1. The molecule has 0 spiro atoms. The van der Waals surface area contributed by atoms with Crippen LogP contribution >= 0.6 is 0 Å². The average Bonchev–Trinajstić information content (AvgIpc) is 2.57. The van der Waals surface area contributed by atoms with E-state index < -0.39 is 11.4 Å². The molecule has 2 rings (SSSR count). The highest BCUT2D eigenvalue weighted by molar-refractivity contribution is 5.77. The van der Waals surface area contributed by atoms with Gasteiger partial charge in [-0.05, 0) is 18.9 Å². The van der Waals surface area contributed by atoms with E-state index in [4.69, 9.17) is 5.73 Å². The number of nitrogens with two attached hydrogens (primary N) is 1. The molecule has 5 heteroatoms. The van der Waals surface area contributed by atoms with Gasteiger partial charge in [-0.1, -0.05) is 6.42 Å². The number of aryl methyl sites for hydroxylation is 1. The molecule has 0 saturated heterocycles. The minimum atomic E-state index is -0.726. The van der Waals surface area contributed by atoms with Gasteiger partial charge in [0.2, 0.25) is 0 Å². The van der Waals surface area contributed by atoms with Crippen LogP contribution in [-0.2, 0) is 11.8 Å². The van der Waals surface area contributed by atoms with Crippen molar-refractivity contribution in [3.8, 4) is 0 Å². The minimum Gasteiger partial charge on any atom is -0.481 e. The number of hydrogen-bond donors (Lipinski definition) is 2. The first-order valence-corrected chi connectivity index (χ1v) is 5.53. The highest BCUT2D eigenvalue weighted by Crippen LogP contribution is 2.51. The molecular formula is C11H17N3O2. The summed E-state index contributed by atoms with van der Waals surface area (Å²) in [5, 5.41) is 13.5. The van der Waals surface area contributed by atoms with E-state index in [1.165, 1.54) is 0 Å². The first-order valence-electron chi connectivity index (χ1n) is 5.53. The van der Waals surface area contributed by atoms with Gasteiger partial charge in [0, 0.05) is 31.4 Å². The minimum absolute atomic E-state index is 0.133. The summed E-state index contributed by atoms with van der Waals surface area (Å²) in [5.74, 6) is -0.860. The fourth-order valence-corrected chi connectivity index (χ4v) is 2.62. The van der Waals surface area contributed by atoms with Crippen molar-refractivity contribution in [1.29, 1.82) is 0 Å². The maximum Gasteiger partial charge on any atom is 0.310 e. The van der Waals surface area contributed by atoms with E-state index >= 15 is 0 Å². The number of nitrogens with zero attached hydrogens (tertiary/aromatic N) is 2. The lowest BCUT2D eigenvalue weighted by atomic mass is 9.60. The van der Waals surface area contributed by atoms with Gasteiger partial charge in [-0.25, -0.2) is 0 Å². The molecule has 0 bridgehead atoms. The molecule has 3 N–H and O–H groups in total. The monoisotopic (exact) mass is 223 g/mol. The van der Waals surface area contributed by atoms with Crippen LogP contribution in [0.25, 0.3) is 0 Å². The van der Waals surface area contributed by atoms with Gasteiger partial charge in [0.15, 0.2) is 0 Å². The quantitative estimate of drug-likeness (QED) is 0.788. The summed E-state index contributed by atoms with van der Waals surface area (Å²) in [5.41, 5.74) is 6.02. The number of rotatable bonds is 4. The fourth-order valence-electron chi connectivity index (χ4n) is 2.62. The number of hydrogen-bond acceptors (Lipinski definition) is 3. The Balaban J connectivity index is 2.36. The first-order chi connectivity index (χ1) is 7.62. The molecule has 5 nitrogen and oxygen atoms in total. The third-order valence-electron chi connectivity index (χ3n) is 3.79. The van der Waals surface area contributed by atoms with Crippen LogP contribution in [0.1, 0.15) is 30.9 Å². The molecule has 1 heterocycles. The van der Waals surface area contributed by atoms with E-state index in [0.717, 1.165) is 25.0 Å². The second kappa shape index (κ2) is 3.90. The van der Waals surface area contributed by atoms with Gasteiger partial charge < -0.3 is 10.8 Å². The molecule has 0 amide bonds. The van der Waals surface area contributed by atoms with Crippen LogP contribution in [0.3, 0.4) is 0 Å². The van der Waals surface area contributed by atoms with Crippen LogP contribution in [-0.4, -0.2) is 27.4 Å². The van der Waals surface area contributed by atoms with E-state index in [1.54, 1.807) is 10.9 Å². The van der Waals surface area contributed by atoms with Gasteiger partial charge in [0.05, 0.1) is 5.41 Å². The van der Waals surface area contributed by atoms with Crippen LogP contribution in [0, 0.1) is 5.41 Å². The smallest absolute Gasteiger partial charge is 0.310 e. The molecule has 0 unspecified atom stereocenters. The van der Waals surface area contributed by atoms with Crippen LogP contribution in [0.15, 0.2) is 12.3 Å². The Morgan fingerprint density at radius 3 is 2.75 bits per heavy atom. The number of aromatic nitrogens is 2. The van der Waals surface area contributed by atoms with Crippen molar-refractivity contribution in [1.82, 2.24) is 9.78 Å². The van der Waals surface area contributed by atoms with Crippen LogP contribution in [0.5, 0.6) is 0 Å². The van der Waals surface area contributed by atoms with Crippen LogP contribution in [0.2, 0.25) is 0 Å². The lowest BCUT2D eigenvalue weighted by Gasteiger charge is -2.43. The van der Waals surface area contributed by atoms with Crippen molar-refractivity contribution >= 4 is 5.97 Å². The third kappa shape index (κ3) is 1.43. The average molecular weight is 223 g/mol. The highest BCUT2D eigenvalue weighted by Gasteiger charge is 2.51. The van der Waals surface area contributed by atoms with E-state index in [9.17, 15) is 9.90 Å². The van der Waals surface area contributed by atoms with Crippen molar-refractivity contribution in [3.63, 3.8) is 0 Å². The lowest BCUT2D eigenvalue weighted by Crippen LogP contribution is -2.46. The second-order valence-electron chi connectivity index (χ2n) is 4.48. The van der Waals surface area contributed by atoms with E-state index in [2.05, 4.69) is 5.10 Å². The molecule has 0 aromatic carbocycles. The fraction of sp³-hybridized carbons (Fsp3) is 0.636. The zero-order chi connectivity index (χ0) is 11.8. The largest absolute Gasteiger partial charge is 0.481 e. The molecule has 1 saturated carbocycles. The van der Waals surface area contributed by atoms with Crippen molar-refractivity contribution in [2.45, 2.75) is 25.2 Å². The standard InChI is InChI=1S/C11H17N3O2/c1-14-9(3-6-13-14)8(7-12)11(10(15)16)4-2-5-11/h3,6,8H,2,4-5,7,12H2,1H3,(H,15,16)/t8-/m1/s1. The zero-order valence-electron chi connectivity index (χ0n) is 9.39. The van der Waals surface area contributed by atoms with Gasteiger partial charge in [-0.2, -0.15) is 5.10 Å². The summed E-state index contributed by atoms with van der Waals surface area (Å²) in [6.45, 7) is 0.353. The Labute approximate surface area is 94.2 Å². The van der Waals surface area contributed by atoms with Crippen molar-refractivity contribution in [3.05, 3.63) is 18.0 Å². The maximum absolute atomic E-state index is 11.4. The number of carboxylic acid groups (broad SMARTS) is 1. The molecule has 0 aliphatic heterocycles. The number of aliphatic carboxylic acids is 1. The lowest BCUT2D eigenvalue weighted by molar-refractivity contribution is -0.156. The summed E-state index contributed by atoms with van der Waals surface area (Å²) in [7, 11) is 1.83. The Hall–Kier alpha value is -1.36. The summed E-state index contributed by atoms with van der Waals surface area (Å²) >= 11 is 0. The highest BCUT2D eigenvalue weighted by atomic mass is 16.4. The molecule has 1 aliphatic carbocycles. The molecule has 0 radical (unpaired) electrons. The van der Waals surface area contributed by atoms with E-state index in [-0.39, 0.29) is 5.92 Å². The Bertz CT molecular complexity index is 396. The van der Waals surface area contributed by atoms with Crippen LogP contribution < -0.4 is 5.73 Å². The third-order valence-corrected chi connectivity index (χ3v) is 3.79. The number of carbonyl (C=O) groups is 1. The van der Waals surface area contributed by atoms with Crippen LogP contribution in [0.4, 0.5) is 0 Å². The maximum atomic E-state index is 11.4. The first kappa shape index (κ1) is 11.1. The van der Waals surface area contributed by atoms with Gasteiger partial charge in [-0.15, -0.1) is 0 Å². The summed E-state index contributed by atoms with van der Waals surface area (Å²) in [6, 6.07) is 1.86. The Morgan fingerprint density at radius 1 is 1.75 bits per heavy atom. The van der Waals surface area contributed by atoms with Gasteiger partial charge >= 0.3 is 5.97 Å². The molecule has 88 valence electrons. The molecule has 16 heavy (non-hydrogen) atoms. The van der Waals surface area contributed by atoms with Crippen molar-refractivity contribution in [2.24, 2.45) is 18.2 Å². The van der Waals surface area contributed by atoms with Gasteiger partial charge in [-0.3, -0.25) is 9.48 Å². The Kier molecular flexibility index (Phi) is 2.71. The predicted molar refractivity (Wildman–Crippen MR) is 58.9 cm³/mol. The predicted octanol–water partition coefficient (Wildman–Crippen LogP) is 0.717. The summed E-state index contributed by atoms with van der Waals surface area (Å²) in [6.07, 6.45) is 4.09. The van der Waals surface area contributed by atoms with E-state index in [0.29, 0.717) is 6.54 Å². The topological polar surface area (TPSA) is 81.1 Å². The van der Waals surface area contributed by atoms with Crippen molar-refractivity contribution in [2.75, 3.05) is 6.54 Å². The van der Waals surface area contributed by atoms with Gasteiger partial charge in [0.25, 0.3) is 0 Å².